The summed E-state index contributed by atoms with van der Waals surface area (Å²) in [6.07, 6.45) is 0. The van der Waals surface area contributed by atoms with Gasteiger partial charge in [-0.25, -0.2) is 13.2 Å². The van der Waals surface area contributed by atoms with Crippen LogP contribution in [0.2, 0.25) is 0 Å². The first kappa shape index (κ1) is 18.8. The molecule has 0 spiro atoms. The van der Waals surface area contributed by atoms with Crippen LogP contribution in [0.5, 0.6) is 0 Å². The van der Waals surface area contributed by atoms with Crippen LogP contribution in [0.3, 0.4) is 0 Å². The van der Waals surface area contributed by atoms with Crippen molar-refractivity contribution in [1.82, 2.24) is 4.68 Å². The average molecular weight is 342 g/mol. The number of nitrogens with zero attached hydrogens (tertiary/aromatic N) is 2. The minimum absolute atomic E-state index is 0.294. The molecule has 126 valence electrons. The van der Waals surface area contributed by atoms with Crippen molar-refractivity contribution in [2.45, 2.75) is 6.92 Å². The van der Waals surface area contributed by atoms with Gasteiger partial charge in [0, 0.05) is 11.6 Å². The molecule has 0 bridgehead atoms. The lowest BCUT2D eigenvalue weighted by atomic mass is 10.1. The van der Waals surface area contributed by atoms with Gasteiger partial charge in [-0.2, -0.15) is 0 Å². The van der Waals surface area contributed by atoms with Crippen molar-refractivity contribution < 1.29 is 31.7 Å². The van der Waals surface area contributed by atoms with E-state index in [2.05, 4.69) is 0 Å². The zero-order valence-corrected chi connectivity index (χ0v) is 13.8. The Morgan fingerprint density at radius 3 is 2.35 bits per heavy atom. The van der Waals surface area contributed by atoms with Gasteiger partial charge in [0.15, 0.2) is 12.7 Å². The van der Waals surface area contributed by atoms with Crippen molar-refractivity contribution in [3.8, 4) is 11.3 Å². The molecule has 0 saturated carbocycles. The third-order valence-electron chi connectivity index (χ3n) is 2.97. The van der Waals surface area contributed by atoms with E-state index in [0.29, 0.717) is 12.3 Å². The maximum atomic E-state index is 11.8. The Hall–Kier alpha value is -2.23. The van der Waals surface area contributed by atoms with Crippen molar-refractivity contribution in [3.63, 3.8) is 0 Å². The lowest BCUT2D eigenvalue weighted by Crippen LogP contribution is -2.40. The first-order valence-electron chi connectivity index (χ1n) is 6.62. The van der Waals surface area contributed by atoms with E-state index in [4.69, 9.17) is 22.3 Å². The van der Waals surface area contributed by atoms with Crippen molar-refractivity contribution in [2.24, 2.45) is 14.1 Å². The molecule has 0 unspecified atom stereocenters. The summed E-state index contributed by atoms with van der Waals surface area (Å²) < 4.78 is 41.6. The van der Waals surface area contributed by atoms with Gasteiger partial charge in [0.25, 0.3) is 0 Å². The Balaban J connectivity index is 0.000000463. The summed E-state index contributed by atoms with van der Waals surface area (Å²) in [7, 11) is -1.15. The van der Waals surface area contributed by atoms with Crippen LogP contribution in [0.4, 0.5) is 0 Å². The molecule has 1 aromatic heterocycles. The van der Waals surface area contributed by atoms with Gasteiger partial charge < -0.3 is 9.29 Å². The normalized spacial score (nSPS) is 10.7. The molecular formula is C14H18N2O6S. The Labute approximate surface area is 134 Å². The van der Waals surface area contributed by atoms with E-state index >= 15 is 0 Å². The second kappa shape index (κ2) is 7.86. The second-order valence-corrected chi connectivity index (χ2v) is 5.33. The third kappa shape index (κ3) is 5.81. The van der Waals surface area contributed by atoms with Crippen LogP contribution < -0.4 is 4.68 Å². The van der Waals surface area contributed by atoms with Crippen LogP contribution in [0.25, 0.3) is 11.3 Å². The monoisotopic (exact) mass is 342 g/mol. The van der Waals surface area contributed by atoms with Crippen LogP contribution in [-0.2, 0) is 29.2 Å². The molecule has 0 aliphatic carbocycles. The standard InChI is InChI=1S/C14H17N2O2.H2O4S/c1-4-18-14(17)13-10-12(15(2)16(13)3)11-8-6-5-7-9-11;1-5(2,3)4/h5-10H,4H2,1-3H3;(H2,1,2,3,4)/q+1;/p-1. The maximum absolute atomic E-state index is 11.8. The summed E-state index contributed by atoms with van der Waals surface area (Å²) in [5, 5.41) is 0. The summed E-state index contributed by atoms with van der Waals surface area (Å²) in [6, 6.07) is 11.8. The maximum Gasteiger partial charge on any atom is 0.360 e. The number of rotatable bonds is 3. The van der Waals surface area contributed by atoms with Gasteiger partial charge in [-0.3, -0.25) is 4.55 Å². The smallest absolute Gasteiger partial charge is 0.360 e. The predicted molar refractivity (Wildman–Crippen MR) is 80.3 cm³/mol. The number of benzene rings is 1. The molecule has 2 rings (SSSR count). The lowest BCUT2D eigenvalue weighted by molar-refractivity contribution is -0.741. The van der Waals surface area contributed by atoms with E-state index in [9.17, 15) is 4.79 Å². The summed E-state index contributed by atoms with van der Waals surface area (Å²) in [6.45, 7) is 2.19. The molecule has 1 aromatic carbocycles. The van der Waals surface area contributed by atoms with Gasteiger partial charge in [0.05, 0.1) is 13.7 Å². The van der Waals surface area contributed by atoms with Gasteiger partial charge in [0.1, 0.15) is 0 Å². The molecule has 1 heterocycles. The summed E-state index contributed by atoms with van der Waals surface area (Å²) >= 11 is 0. The molecule has 8 nitrogen and oxygen atoms in total. The van der Waals surface area contributed by atoms with Crippen LogP contribution in [0.1, 0.15) is 17.4 Å². The van der Waals surface area contributed by atoms with Crippen molar-refractivity contribution >= 4 is 16.4 Å². The van der Waals surface area contributed by atoms with Crippen LogP contribution in [0.15, 0.2) is 36.4 Å². The van der Waals surface area contributed by atoms with Gasteiger partial charge in [-0.05, 0) is 19.1 Å². The molecule has 0 aliphatic heterocycles. The van der Waals surface area contributed by atoms with Crippen molar-refractivity contribution in [2.75, 3.05) is 6.61 Å². The Bertz CT molecular complexity index is 760. The molecule has 1 N–H and O–H groups in total. The van der Waals surface area contributed by atoms with Crippen molar-refractivity contribution in [3.05, 3.63) is 42.1 Å². The third-order valence-corrected chi connectivity index (χ3v) is 2.97. The molecular weight excluding hydrogens is 324 g/mol. The average Bonchev–Trinajstić information content (AvgIpc) is 2.75. The highest BCUT2D eigenvalue weighted by Gasteiger charge is 2.23. The van der Waals surface area contributed by atoms with Gasteiger partial charge in [-0.1, -0.05) is 18.2 Å². The molecule has 9 heteroatoms. The van der Waals surface area contributed by atoms with E-state index in [-0.39, 0.29) is 5.97 Å². The molecule has 0 atom stereocenters. The first-order valence-corrected chi connectivity index (χ1v) is 7.98. The molecule has 0 amide bonds. The highest BCUT2D eigenvalue weighted by molar-refractivity contribution is 7.79. The molecule has 23 heavy (non-hydrogen) atoms. The number of carbonyl (C=O) groups is 1. The largest absolute Gasteiger partial charge is 0.726 e. The number of hydrogen-bond donors (Lipinski definition) is 1. The van der Waals surface area contributed by atoms with Crippen LogP contribution in [-0.4, -0.2) is 34.8 Å². The molecule has 0 aliphatic rings. The number of carbonyl (C=O) groups excluding carboxylic acids is 1. The topological polar surface area (TPSA) is 113 Å². The fraction of sp³-hybridized carbons (Fsp3) is 0.286. The number of hydrogen-bond acceptors (Lipinski definition) is 5. The lowest BCUT2D eigenvalue weighted by Gasteiger charge is -1.99. The van der Waals surface area contributed by atoms with E-state index < -0.39 is 10.4 Å². The number of esters is 1. The molecule has 2 aromatic rings. The van der Waals surface area contributed by atoms with Gasteiger partial charge in [0.2, 0.25) is 16.1 Å². The van der Waals surface area contributed by atoms with Crippen molar-refractivity contribution in [1.29, 1.82) is 0 Å². The minimum atomic E-state index is -4.92. The quantitative estimate of drug-likeness (QED) is 0.380. The predicted octanol–water partition coefficient (Wildman–Crippen LogP) is 0.698. The van der Waals surface area contributed by atoms with Crippen LogP contribution >= 0.6 is 0 Å². The SMILES string of the molecule is CCOC(=O)c1cc(-c2ccccc2)[n+](C)n1C.O=S(=O)([O-])O. The van der Waals surface area contributed by atoms with Gasteiger partial charge >= 0.3 is 5.97 Å². The summed E-state index contributed by atoms with van der Waals surface area (Å²) in [5.74, 6) is -0.294. The fourth-order valence-electron chi connectivity index (χ4n) is 1.91. The van der Waals surface area contributed by atoms with Crippen LogP contribution in [0, 0.1) is 0 Å². The Morgan fingerprint density at radius 1 is 1.35 bits per heavy atom. The second-order valence-electron chi connectivity index (χ2n) is 4.48. The Kier molecular flexibility index (Phi) is 6.43. The Morgan fingerprint density at radius 2 is 1.87 bits per heavy atom. The number of aromatic nitrogens is 2. The summed E-state index contributed by atoms with van der Waals surface area (Å²) in [5.41, 5.74) is 2.62. The minimum Gasteiger partial charge on any atom is -0.726 e. The van der Waals surface area contributed by atoms with E-state index in [1.165, 1.54) is 0 Å². The number of ether oxygens (including phenoxy) is 1. The highest BCUT2D eigenvalue weighted by Crippen LogP contribution is 2.17. The van der Waals surface area contributed by atoms with E-state index in [0.717, 1.165) is 11.3 Å². The van der Waals surface area contributed by atoms with Gasteiger partial charge in [-0.15, -0.1) is 9.36 Å². The highest BCUT2D eigenvalue weighted by atomic mass is 32.3. The molecule has 0 saturated heterocycles. The van der Waals surface area contributed by atoms with E-state index in [1.54, 1.807) is 11.6 Å². The van der Waals surface area contributed by atoms with E-state index in [1.807, 2.05) is 55.2 Å². The zero-order chi connectivity index (χ0) is 17.6. The molecule has 0 radical (unpaired) electrons. The molecule has 0 fully saturated rings. The summed E-state index contributed by atoms with van der Waals surface area (Å²) in [4.78, 5) is 11.8. The fourth-order valence-corrected chi connectivity index (χ4v) is 1.91. The first-order chi connectivity index (χ1) is 10.6. The zero-order valence-electron chi connectivity index (χ0n) is 13.0.